The van der Waals surface area contributed by atoms with Crippen LogP contribution < -0.4 is 10.9 Å². The van der Waals surface area contributed by atoms with E-state index >= 15 is 0 Å². The van der Waals surface area contributed by atoms with Crippen LogP contribution in [0, 0.1) is 20.8 Å². The Kier molecular flexibility index (Phi) is 8.60. The highest BCUT2D eigenvalue weighted by Gasteiger charge is 2.34. The van der Waals surface area contributed by atoms with Crippen molar-refractivity contribution in [3.8, 4) is 0 Å². The topological polar surface area (TPSA) is 101 Å². The second-order valence-corrected chi connectivity index (χ2v) is 10.7. The molecule has 1 N–H and O–H groups in total. The number of hydrogen-bond acceptors (Lipinski definition) is 7. The van der Waals surface area contributed by atoms with Gasteiger partial charge < -0.3 is 14.6 Å². The van der Waals surface area contributed by atoms with E-state index in [1.54, 1.807) is 31.7 Å². The van der Waals surface area contributed by atoms with E-state index in [1.807, 2.05) is 6.07 Å². The Bertz CT molecular complexity index is 1380. The lowest BCUT2D eigenvalue weighted by molar-refractivity contribution is -0.141. The van der Waals surface area contributed by atoms with Crippen LogP contribution in [0.25, 0.3) is 0 Å². The van der Waals surface area contributed by atoms with E-state index in [4.69, 9.17) is 4.42 Å². The van der Waals surface area contributed by atoms with Crippen LogP contribution in [0.1, 0.15) is 54.0 Å². The molecule has 3 aromatic rings. The molecule has 0 bridgehead atoms. The number of hydrogen-bond donors (Lipinski definition) is 1. The van der Waals surface area contributed by atoms with Gasteiger partial charge in [0.1, 0.15) is 5.76 Å². The molecule has 0 saturated carbocycles. The number of thiophene rings is 1. The van der Waals surface area contributed by atoms with Gasteiger partial charge in [-0.1, -0.05) is 0 Å². The second-order valence-electron chi connectivity index (χ2n) is 9.52. The van der Waals surface area contributed by atoms with Crippen molar-refractivity contribution < 1.29 is 27.2 Å². The lowest BCUT2D eigenvalue weighted by atomic mass is 10.1. The lowest BCUT2D eigenvalue weighted by Crippen LogP contribution is -2.48. The zero-order chi connectivity index (χ0) is 28.3. The Morgan fingerprint density at radius 3 is 2.46 bits per heavy atom. The van der Waals surface area contributed by atoms with E-state index in [-0.39, 0.29) is 18.4 Å². The van der Waals surface area contributed by atoms with E-state index in [0.29, 0.717) is 73.1 Å². The van der Waals surface area contributed by atoms with Gasteiger partial charge >= 0.3 is 11.8 Å². The number of rotatable bonds is 8. The van der Waals surface area contributed by atoms with Gasteiger partial charge in [-0.25, -0.2) is 4.79 Å². The Morgan fingerprint density at radius 1 is 1.10 bits per heavy atom. The molecule has 0 aromatic carbocycles. The normalized spacial score (nSPS) is 14.6. The summed E-state index contributed by atoms with van der Waals surface area (Å²) < 4.78 is 44.8. The molecule has 13 heteroatoms. The molecule has 1 saturated heterocycles. The van der Waals surface area contributed by atoms with Crippen molar-refractivity contribution in [3.63, 3.8) is 0 Å². The molecule has 1 fully saturated rings. The average Bonchev–Trinajstić information content (AvgIpc) is 3.48. The van der Waals surface area contributed by atoms with E-state index in [9.17, 15) is 27.6 Å². The van der Waals surface area contributed by atoms with Crippen molar-refractivity contribution in [1.29, 1.82) is 0 Å². The zero-order valence-electron chi connectivity index (χ0n) is 21.9. The van der Waals surface area contributed by atoms with E-state index < -0.39 is 17.5 Å². The molecule has 1 aliphatic heterocycles. The van der Waals surface area contributed by atoms with Gasteiger partial charge in [-0.15, -0.1) is 11.3 Å². The summed E-state index contributed by atoms with van der Waals surface area (Å²) in [6.07, 6.45) is -4.03. The van der Waals surface area contributed by atoms with E-state index in [2.05, 4.69) is 15.3 Å². The monoisotopic (exact) mass is 565 g/mol. The highest BCUT2D eigenvalue weighted by atomic mass is 32.1. The van der Waals surface area contributed by atoms with Gasteiger partial charge in [0.25, 0.3) is 11.8 Å². The number of aromatic nitrogens is 2. The predicted molar refractivity (Wildman–Crippen MR) is 139 cm³/mol. The predicted octanol–water partition coefficient (Wildman–Crippen LogP) is 3.62. The van der Waals surface area contributed by atoms with Crippen LogP contribution in [0.5, 0.6) is 0 Å². The Morgan fingerprint density at radius 2 is 1.82 bits per heavy atom. The smallest absolute Gasteiger partial charge is 0.427 e. The minimum Gasteiger partial charge on any atom is -0.427 e. The molecule has 0 atom stereocenters. The molecule has 0 unspecified atom stereocenters. The number of nitrogens with zero attached hydrogens (tertiary/aromatic N) is 4. The van der Waals surface area contributed by atoms with Gasteiger partial charge in [-0.3, -0.25) is 19.2 Å². The Balaban J connectivity index is 1.22. The maximum atomic E-state index is 13.0. The van der Waals surface area contributed by atoms with Crippen LogP contribution in [0.3, 0.4) is 0 Å². The molecule has 210 valence electrons. The lowest BCUT2D eigenvalue weighted by Gasteiger charge is -2.34. The van der Waals surface area contributed by atoms with Gasteiger partial charge in [0.05, 0.1) is 10.4 Å². The number of aryl methyl sites for hydroxylation is 4. The highest BCUT2D eigenvalue weighted by Crippen LogP contribution is 2.28. The number of carbonyl (C=O) groups excluding carboxylic acids is 2. The van der Waals surface area contributed by atoms with Gasteiger partial charge in [-0.2, -0.15) is 18.3 Å². The van der Waals surface area contributed by atoms with Crippen LogP contribution >= 0.6 is 11.3 Å². The number of amides is 2. The number of halogens is 3. The minimum atomic E-state index is -4.48. The van der Waals surface area contributed by atoms with Crippen LogP contribution in [0.2, 0.25) is 0 Å². The maximum absolute atomic E-state index is 13.0. The fraction of sp³-hybridized carbons (Fsp3) is 0.462. The van der Waals surface area contributed by atoms with Crippen LogP contribution in [0.15, 0.2) is 33.5 Å². The summed E-state index contributed by atoms with van der Waals surface area (Å²) in [6, 6.07) is 6.00. The van der Waals surface area contributed by atoms with Crippen molar-refractivity contribution in [2.45, 2.75) is 46.5 Å². The standard InChI is InChI=1S/C26H30F3N5O4S/c1-16-13-22(35)38-18(3)23(16)25(37)33-11-9-32(10-12-33)15-19-5-6-20(39-19)24(36)30-7-4-8-34-17(2)14-21(31-34)26(27,28)29/h5-6,13-14H,4,7-12,15H2,1-3H3,(H,30,36). The Hall–Kier alpha value is -3.45. The number of alkyl halides is 3. The number of carbonyl (C=O) groups is 2. The number of nitrogens with one attached hydrogen (secondary N) is 1. The summed E-state index contributed by atoms with van der Waals surface area (Å²) >= 11 is 1.39. The molecular formula is C26H30F3N5O4S. The maximum Gasteiger partial charge on any atom is 0.435 e. The summed E-state index contributed by atoms with van der Waals surface area (Å²) in [7, 11) is 0. The first-order valence-corrected chi connectivity index (χ1v) is 13.4. The fourth-order valence-corrected chi connectivity index (χ4v) is 5.51. The molecule has 0 spiro atoms. The molecule has 0 radical (unpaired) electrons. The van der Waals surface area contributed by atoms with Crippen molar-refractivity contribution in [3.05, 3.63) is 72.7 Å². The Labute approximate surface area is 227 Å². The van der Waals surface area contributed by atoms with Crippen molar-refractivity contribution in [2.75, 3.05) is 32.7 Å². The van der Waals surface area contributed by atoms with Crippen molar-refractivity contribution in [1.82, 2.24) is 24.9 Å². The third-order valence-electron chi connectivity index (χ3n) is 6.58. The zero-order valence-corrected chi connectivity index (χ0v) is 22.7. The largest absolute Gasteiger partial charge is 0.435 e. The second kappa shape index (κ2) is 11.7. The van der Waals surface area contributed by atoms with Crippen molar-refractivity contribution >= 4 is 23.2 Å². The van der Waals surface area contributed by atoms with Crippen LogP contribution in [-0.2, 0) is 19.3 Å². The van der Waals surface area contributed by atoms with Gasteiger partial charge in [0.15, 0.2) is 5.69 Å². The summed E-state index contributed by atoms with van der Waals surface area (Å²) in [4.78, 5) is 42.6. The molecule has 0 aliphatic carbocycles. The van der Waals surface area contributed by atoms with Gasteiger partial charge in [-0.05, 0) is 51.0 Å². The highest BCUT2D eigenvalue weighted by molar-refractivity contribution is 7.14. The first-order valence-electron chi connectivity index (χ1n) is 12.5. The summed E-state index contributed by atoms with van der Waals surface area (Å²) in [5.74, 6) is -0.0500. The molecule has 4 heterocycles. The third-order valence-corrected chi connectivity index (χ3v) is 7.65. The SMILES string of the molecule is Cc1cc(=O)oc(C)c1C(=O)N1CCN(Cc2ccc(C(=O)NCCCn3nc(C(F)(F)F)cc3C)s2)CC1. The third kappa shape index (κ3) is 6.95. The van der Waals surface area contributed by atoms with Gasteiger partial charge in [0, 0.05) is 62.5 Å². The fourth-order valence-electron chi connectivity index (χ4n) is 4.54. The molecule has 1 aliphatic rings. The van der Waals surface area contributed by atoms with Crippen molar-refractivity contribution in [2.24, 2.45) is 0 Å². The van der Waals surface area contributed by atoms with Crippen LogP contribution in [-0.4, -0.2) is 64.1 Å². The quantitative estimate of drug-likeness (QED) is 0.419. The summed E-state index contributed by atoms with van der Waals surface area (Å²) in [6.45, 7) is 8.56. The first-order chi connectivity index (χ1) is 18.4. The van der Waals surface area contributed by atoms with E-state index in [0.717, 1.165) is 10.9 Å². The molecular weight excluding hydrogens is 535 g/mol. The van der Waals surface area contributed by atoms with Crippen LogP contribution in [0.4, 0.5) is 13.2 Å². The summed E-state index contributed by atoms with van der Waals surface area (Å²) in [5.41, 5.74) is 0.0675. The molecule has 2 amide bonds. The average molecular weight is 566 g/mol. The molecule has 9 nitrogen and oxygen atoms in total. The number of piperazine rings is 1. The minimum absolute atomic E-state index is 0.146. The molecule has 39 heavy (non-hydrogen) atoms. The summed E-state index contributed by atoms with van der Waals surface area (Å²) in [5, 5.41) is 6.41. The molecule has 3 aromatic heterocycles. The van der Waals surface area contributed by atoms with E-state index in [1.165, 1.54) is 22.1 Å². The molecule has 4 rings (SSSR count). The first kappa shape index (κ1) is 28.6. The van der Waals surface area contributed by atoms with Gasteiger partial charge in [0.2, 0.25) is 0 Å².